The van der Waals surface area contributed by atoms with Gasteiger partial charge in [0, 0.05) is 15.8 Å². The van der Waals surface area contributed by atoms with Gasteiger partial charge >= 0.3 is 0 Å². The van der Waals surface area contributed by atoms with Gasteiger partial charge in [0.05, 0.1) is 17.8 Å². The molecule has 0 aliphatic carbocycles. The van der Waals surface area contributed by atoms with Crippen LogP contribution in [0.15, 0.2) is 61.6 Å². The molecular weight excluding hydrogens is 442 g/mol. The van der Waals surface area contributed by atoms with E-state index in [4.69, 9.17) is 10.5 Å². The van der Waals surface area contributed by atoms with Crippen LogP contribution in [-0.4, -0.2) is 18.5 Å². The minimum atomic E-state index is 0.422. The summed E-state index contributed by atoms with van der Waals surface area (Å²) in [6.45, 7) is 0. The fourth-order valence-corrected chi connectivity index (χ4v) is 3.58. The van der Waals surface area contributed by atoms with Crippen molar-refractivity contribution in [2.45, 2.75) is 5.75 Å². The van der Waals surface area contributed by atoms with Crippen LogP contribution < -0.4 is 10.5 Å². The Bertz CT molecular complexity index is 721. The van der Waals surface area contributed by atoms with Crippen molar-refractivity contribution >= 4 is 55.0 Å². The summed E-state index contributed by atoms with van der Waals surface area (Å²) in [4.78, 5) is 0. The first-order valence-corrected chi connectivity index (χ1v) is 9.23. The lowest BCUT2D eigenvalue weighted by Crippen LogP contribution is -2.06. The molecule has 0 saturated carbocycles. The number of methoxy groups -OCH3 is 1. The summed E-state index contributed by atoms with van der Waals surface area (Å²) in [7, 11) is 1.62. The number of thioether (sulfide) groups is 1. The molecule has 23 heavy (non-hydrogen) atoms. The quantitative estimate of drug-likeness (QED) is 0.399. The maximum absolute atomic E-state index is 5.86. The third kappa shape index (κ3) is 5.67. The molecule has 0 heterocycles. The van der Waals surface area contributed by atoms with Gasteiger partial charge in [-0.3, -0.25) is 0 Å². The smallest absolute Gasteiger partial charge is 0.180 e. The number of halogens is 2. The van der Waals surface area contributed by atoms with E-state index in [0.717, 1.165) is 26.0 Å². The van der Waals surface area contributed by atoms with Gasteiger partial charge in [-0.15, -0.1) is 5.10 Å². The second kappa shape index (κ2) is 9.10. The molecule has 4 nitrogen and oxygen atoms in total. The molecule has 0 atom stereocenters. The number of hydrogen-bond acceptors (Lipinski definition) is 4. The van der Waals surface area contributed by atoms with E-state index in [2.05, 4.69) is 54.2 Å². The maximum atomic E-state index is 5.86. The number of ether oxygens (including phenoxy) is 1. The van der Waals surface area contributed by atoms with Gasteiger partial charge in [0.2, 0.25) is 0 Å². The molecule has 2 N–H and O–H groups in total. The molecule has 0 amide bonds. The number of nitrogens with zero attached hydrogens (tertiary/aromatic N) is 2. The topological polar surface area (TPSA) is 60.0 Å². The molecule has 2 aromatic rings. The largest absolute Gasteiger partial charge is 0.496 e. The van der Waals surface area contributed by atoms with Crippen LogP contribution in [0.1, 0.15) is 11.1 Å². The zero-order chi connectivity index (χ0) is 16.7. The predicted octanol–water partition coefficient (Wildman–Crippen LogP) is 4.80. The number of nitrogens with two attached hydrogens (primary N) is 1. The normalized spacial score (nSPS) is 11.9. The average Bonchev–Trinajstić information content (AvgIpc) is 2.56. The third-order valence-corrected chi connectivity index (χ3v) is 5.02. The summed E-state index contributed by atoms with van der Waals surface area (Å²) >= 11 is 8.35. The molecule has 2 aromatic carbocycles. The van der Waals surface area contributed by atoms with Crippen LogP contribution in [0.5, 0.6) is 5.75 Å². The van der Waals surface area contributed by atoms with E-state index in [-0.39, 0.29) is 0 Å². The van der Waals surface area contributed by atoms with Crippen LogP contribution >= 0.6 is 43.6 Å². The van der Waals surface area contributed by atoms with Crippen LogP contribution in [0, 0.1) is 0 Å². The Kier molecular flexibility index (Phi) is 7.14. The van der Waals surface area contributed by atoms with Crippen molar-refractivity contribution in [2.24, 2.45) is 15.9 Å². The molecule has 0 aliphatic heterocycles. The Balaban J connectivity index is 1.99. The predicted molar refractivity (Wildman–Crippen MR) is 105 cm³/mol. The van der Waals surface area contributed by atoms with Crippen LogP contribution in [0.2, 0.25) is 0 Å². The molecule has 0 radical (unpaired) electrons. The lowest BCUT2D eigenvalue weighted by molar-refractivity contribution is 0.412. The lowest BCUT2D eigenvalue weighted by Gasteiger charge is -2.05. The van der Waals surface area contributed by atoms with Gasteiger partial charge in [-0.2, -0.15) is 5.10 Å². The molecule has 0 aromatic heterocycles. The molecule has 0 bridgehead atoms. The summed E-state index contributed by atoms with van der Waals surface area (Å²) in [5, 5.41) is 8.46. The maximum Gasteiger partial charge on any atom is 0.180 e. The molecule has 120 valence electrons. The van der Waals surface area contributed by atoms with E-state index < -0.39 is 0 Å². The zero-order valence-electron chi connectivity index (χ0n) is 12.4. The molecule has 2 rings (SSSR count). The van der Waals surface area contributed by atoms with Crippen molar-refractivity contribution in [2.75, 3.05) is 7.11 Å². The third-order valence-electron chi connectivity index (χ3n) is 2.85. The van der Waals surface area contributed by atoms with Crippen LogP contribution in [0.4, 0.5) is 0 Å². The van der Waals surface area contributed by atoms with E-state index in [9.17, 15) is 0 Å². The molecular formula is C16H15Br2N3OS. The molecule has 0 spiro atoms. The van der Waals surface area contributed by atoms with Crippen molar-refractivity contribution in [1.29, 1.82) is 0 Å². The van der Waals surface area contributed by atoms with Gasteiger partial charge in [-0.25, -0.2) is 0 Å². The van der Waals surface area contributed by atoms with E-state index in [1.165, 1.54) is 17.3 Å². The Labute approximate surface area is 156 Å². The summed E-state index contributed by atoms with van der Waals surface area (Å²) in [6.07, 6.45) is 1.63. The number of rotatable bonds is 5. The van der Waals surface area contributed by atoms with Gasteiger partial charge in [0.25, 0.3) is 0 Å². The first kappa shape index (κ1) is 18.0. The first-order valence-electron chi connectivity index (χ1n) is 6.66. The summed E-state index contributed by atoms with van der Waals surface area (Å²) in [5.74, 6) is 1.49. The lowest BCUT2D eigenvalue weighted by atomic mass is 10.2. The van der Waals surface area contributed by atoms with Gasteiger partial charge < -0.3 is 10.5 Å². The monoisotopic (exact) mass is 455 g/mol. The standard InChI is InChI=1S/C16H15Br2N3OS/c1-22-15-7-12(13(17)8-14(15)18)9-20-21-16(19)23-10-11-5-3-2-4-6-11/h2-9H,10H2,1H3,(H2,19,21). The minimum absolute atomic E-state index is 0.422. The van der Waals surface area contributed by atoms with Crippen molar-refractivity contribution in [1.82, 2.24) is 0 Å². The SMILES string of the molecule is COc1cc(C=NN=C(N)SCc2ccccc2)c(Br)cc1Br. The summed E-state index contributed by atoms with van der Waals surface area (Å²) in [5.41, 5.74) is 7.91. The molecule has 0 fully saturated rings. The Morgan fingerprint density at radius 2 is 1.96 bits per heavy atom. The van der Waals surface area contributed by atoms with Crippen LogP contribution in [-0.2, 0) is 5.75 Å². The van der Waals surface area contributed by atoms with Crippen molar-refractivity contribution in [3.63, 3.8) is 0 Å². The van der Waals surface area contributed by atoms with Crippen LogP contribution in [0.25, 0.3) is 0 Å². The highest BCUT2D eigenvalue weighted by molar-refractivity contribution is 9.11. The Morgan fingerprint density at radius 3 is 2.65 bits per heavy atom. The number of benzene rings is 2. The van der Waals surface area contributed by atoms with E-state index in [0.29, 0.717) is 5.17 Å². The van der Waals surface area contributed by atoms with E-state index in [1.807, 2.05) is 30.3 Å². The second-order valence-corrected chi connectivity index (χ2v) is 7.17. The number of hydrogen-bond donors (Lipinski definition) is 1. The van der Waals surface area contributed by atoms with Crippen molar-refractivity contribution in [3.8, 4) is 5.75 Å². The summed E-state index contributed by atoms with van der Waals surface area (Å²) in [6, 6.07) is 13.8. The molecule has 0 saturated heterocycles. The fraction of sp³-hybridized carbons (Fsp3) is 0.125. The minimum Gasteiger partial charge on any atom is -0.496 e. The second-order valence-electron chi connectivity index (χ2n) is 4.47. The molecule has 7 heteroatoms. The van der Waals surface area contributed by atoms with E-state index >= 15 is 0 Å². The number of amidine groups is 1. The Hall–Kier alpha value is -1.31. The van der Waals surface area contributed by atoms with E-state index in [1.54, 1.807) is 13.3 Å². The highest BCUT2D eigenvalue weighted by Crippen LogP contribution is 2.30. The fourth-order valence-electron chi connectivity index (χ4n) is 1.71. The zero-order valence-corrected chi connectivity index (χ0v) is 16.4. The van der Waals surface area contributed by atoms with Gasteiger partial charge in [-0.1, -0.05) is 58.0 Å². The molecule has 0 aliphatic rings. The highest BCUT2D eigenvalue weighted by atomic mass is 79.9. The van der Waals surface area contributed by atoms with Crippen LogP contribution in [0.3, 0.4) is 0 Å². The van der Waals surface area contributed by atoms with Gasteiger partial charge in [-0.05, 0) is 33.6 Å². The average molecular weight is 457 g/mol. The van der Waals surface area contributed by atoms with Crippen molar-refractivity contribution < 1.29 is 4.74 Å². The highest BCUT2D eigenvalue weighted by Gasteiger charge is 2.05. The first-order chi connectivity index (χ1) is 11.1. The van der Waals surface area contributed by atoms with Gasteiger partial charge in [0.15, 0.2) is 5.17 Å². The summed E-state index contributed by atoms with van der Waals surface area (Å²) < 4.78 is 7.02. The Morgan fingerprint density at radius 1 is 1.22 bits per heavy atom. The van der Waals surface area contributed by atoms with Crippen molar-refractivity contribution in [3.05, 3.63) is 62.5 Å². The molecule has 0 unspecified atom stereocenters. The van der Waals surface area contributed by atoms with Gasteiger partial charge in [0.1, 0.15) is 5.75 Å².